The number of rotatable bonds is 2. The van der Waals surface area contributed by atoms with Gasteiger partial charge in [0.25, 0.3) is 5.56 Å². The summed E-state index contributed by atoms with van der Waals surface area (Å²) in [6.45, 7) is -0.126. The first kappa shape index (κ1) is 9.16. The topological polar surface area (TPSA) is 42.2 Å². The van der Waals surface area contributed by atoms with Crippen LogP contribution < -0.4 is 5.56 Å². The molecule has 0 bridgehead atoms. The summed E-state index contributed by atoms with van der Waals surface area (Å²) >= 11 is 0. The number of aliphatic hydroxyl groups excluding tert-OH is 1. The van der Waals surface area contributed by atoms with Crippen LogP contribution in [0.5, 0.6) is 0 Å². The van der Waals surface area contributed by atoms with Crippen LogP contribution in [0.2, 0.25) is 0 Å². The molecule has 1 N–H and O–H groups in total. The van der Waals surface area contributed by atoms with Gasteiger partial charge < -0.3 is 9.67 Å². The van der Waals surface area contributed by atoms with Crippen molar-refractivity contribution in [2.24, 2.45) is 0 Å². The first-order valence-corrected chi connectivity index (χ1v) is 5.68. The van der Waals surface area contributed by atoms with Crippen LogP contribution in [0.3, 0.4) is 0 Å². The zero-order valence-corrected chi connectivity index (χ0v) is 8.70. The number of pyridine rings is 1. The van der Waals surface area contributed by atoms with Crippen LogP contribution in [0, 0.1) is 0 Å². The molecule has 0 aliphatic heterocycles. The van der Waals surface area contributed by atoms with Gasteiger partial charge in [-0.25, -0.2) is 0 Å². The number of aromatic nitrogens is 1. The number of aryl methyl sites for hydroxylation is 1. The fourth-order valence-corrected chi connectivity index (χ4v) is 2.56. The SMILES string of the molecule is O=c1c(CO)cc2c(n1C1CC1)CCC2. The van der Waals surface area contributed by atoms with Gasteiger partial charge in [0.15, 0.2) is 0 Å². The van der Waals surface area contributed by atoms with Gasteiger partial charge in [-0.3, -0.25) is 4.79 Å². The number of hydrogen-bond donors (Lipinski definition) is 1. The van der Waals surface area contributed by atoms with Crippen LogP contribution in [0.25, 0.3) is 0 Å². The Morgan fingerprint density at radius 3 is 2.87 bits per heavy atom. The highest BCUT2D eigenvalue weighted by Crippen LogP contribution is 2.37. The first-order valence-electron chi connectivity index (χ1n) is 5.68. The van der Waals surface area contributed by atoms with Crippen molar-refractivity contribution in [2.45, 2.75) is 44.8 Å². The van der Waals surface area contributed by atoms with Gasteiger partial charge >= 0.3 is 0 Å². The Balaban J connectivity index is 2.24. The van der Waals surface area contributed by atoms with E-state index in [2.05, 4.69) is 0 Å². The Morgan fingerprint density at radius 1 is 1.40 bits per heavy atom. The third-order valence-electron chi connectivity index (χ3n) is 3.45. The minimum atomic E-state index is -0.126. The maximum absolute atomic E-state index is 12.0. The lowest BCUT2D eigenvalue weighted by Gasteiger charge is -2.12. The zero-order valence-electron chi connectivity index (χ0n) is 8.70. The van der Waals surface area contributed by atoms with Crippen LogP contribution in [0.15, 0.2) is 10.9 Å². The molecule has 0 amide bonds. The summed E-state index contributed by atoms with van der Waals surface area (Å²) in [5, 5.41) is 9.16. The van der Waals surface area contributed by atoms with Gasteiger partial charge in [0, 0.05) is 17.3 Å². The van der Waals surface area contributed by atoms with Crippen molar-refractivity contribution in [3.05, 3.63) is 33.2 Å². The van der Waals surface area contributed by atoms with Crippen LogP contribution in [-0.2, 0) is 19.4 Å². The molecule has 1 aromatic heterocycles. The molecule has 80 valence electrons. The third kappa shape index (κ3) is 1.34. The largest absolute Gasteiger partial charge is 0.391 e. The van der Waals surface area contributed by atoms with E-state index in [1.165, 1.54) is 11.3 Å². The lowest BCUT2D eigenvalue weighted by molar-refractivity contribution is 0.279. The quantitative estimate of drug-likeness (QED) is 0.787. The molecule has 3 rings (SSSR count). The summed E-state index contributed by atoms with van der Waals surface area (Å²) in [5.41, 5.74) is 3.13. The van der Waals surface area contributed by atoms with E-state index >= 15 is 0 Å². The van der Waals surface area contributed by atoms with Gasteiger partial charge in [-0.1, -0.05) is 0 Å². The van der Waals surface area contributed by atoms with Crippen molar-refractivity contribution >= 4 is 0 Å². The second-order valence-electron chi connectivity index (χ2n) is 4.56. The Hall–Kier alpha value is -1.09. The standard InChI is InChI=1S/C12H15NO2/c14-7-9-6-8-2-1-3-11(8)13(12(9)15)10-4-5-10/h6,10,14H,1-5,7H2. The zero-order chi connectivity index (χ0) is 10.4. The molecule has 1 aromatic rings. The number of hydrogen-bond acceptors (Lipinski definition) is 2. The predicted molar refractivity (Wildman–Crippen MR) is 56.9 cm³/mol. The third-order valence-corrected chi connectivity index (χ3v) is 3.45. The lowest BCUT2D eigenvalue weighted by Crippen LogP contribution is -2.26. The molecular weight excluding hydrogens is 190 g/mol. The van der Waals surface area contributed by atoms with Gasteiger partial charge in [-0.05, 0) is 43.7 Å². The minimum Gasteiger partial charge on any atom is -0.391 e. The molecule has 1 saturated carbocycles. The smallest absolute Gasteiger partial charge is 0.256 e. The van der Waals surface area contributed by atoms with Gasteiger partial charge in [-0.2, -0.15) is 0 Å². The summed E-state index contributed by atoms with van der Waals surface area (Å²) in [6.07, 6.45) is 5.50. The predicted octanol–water partition coefficient (Wildman–Crippen LogP) is 1.16. The molecule has 1 heterocycles. The fraction of sp³-hybridized carbons (Fsp3) is 0.583. The lowest BCUT2D eigenvalue weighted by atomic mass is 10.1. The Morgan fingerprint density at radius 2 is 2.20 bits per heavy atom. The summed E-state index contributed by atoms with van der Waals surface area (Å²) in [5.74, 6) is 0. The van der Waals surface area contributed by atoms with Gasteiger partial charge in [0.2, 0.25) is 0 Å². The molecule has 0 saturated heterocycles. The van der Waals surface area contributed by atoms with E-state index in [9.17, 15) is 4.79 Å². The summed E-state index contributed by atoms with van der Waals surface area (Å²) in [6, 6.07) is 2.33. The average Bonchev–Trinajstić information content (AvgIpc) is 2.95. The van der Waals surface area contributed by atoms with Crippen LogP contribution >= 0.6 is 0 Å². The van der Waals surface area contributed by atoms with Crippen molar-refractivity contribution in [1.29, 1.82) is 0 Å². The number of nitrogens with zero attached hydrogens (tertiary/aromatic N) is 1. The summed E-state index contributed by atoms with van der Waals surface area (Å²) < 4.78 is 1.95. The second-order valence-corrected chi connectivity index (χ2v) is 4.56. The maximum atomic E-state index is 12.0. The fourth-order valence-electron chi connectivity index (χ4n) is 2.56. The van der Waals surface area contributed by atoms with Gasteiger partial charge in [-0.15, -0.1) is 0 Å². The Bertz CT molecular complexity index is 457. The molecule has 0 radical (unpaired) electrons. The van der Waals surface area contributed by atoms with E-state index in [1.807, 2.05) is 10.6 Å². The van der Waals surface area contributed by atoms with Crippen LogP contribution in [0.4, 0.5) is 0 Å². The average molecular weight is 205 g/mol. The van der Waals surface area contributed by atoms with E-state index in [0.29, 0.717) is 11.6 Å². The molecule has 2 aliphatic carbocycles. The van der Waals surface area contributed by atoms with Crippen LogP contribution in [0.1, 0.15) is 42.1 Å². The van der Waals surface area contributed by atoms with Gasteiger partial charge in [0.1, 0.15) is 0 Å². The van der Waals surface area contributed by atoms with Crippen molar-refractivity contribution in [3.8, 4) is 0 Å². The molecule has 0 unspecified atom stereocenters. The first-order chi connectivity index (χ1) is 7.31. The van der Waals surface area contributed by atoms with Crippen molar-refractivity contribution in [3.63, 3.8) is 0 Å². The van der Waals surface area contributed by atoms with E-state index in [1.54, 1.807) is 0 Å². The Labute approximate surface area is 88.4 Å². The molecular formula is C12H15NO2. The molecule has 1 fully saturated rings. The molecule has 0 spiro atoms. The second kappa shape index (κ2) is 3.20. The molecule has 2 aliphatic rings. The molecule has 0 atom stereocenters. The van der Waals surface area contributed by atoms with Gasteiger partial charge in [0.05, 0.1) is 6.61 Å². The normalized spacial score (nSPS) is 19.3. The van der Waals surface area contributed by atoms with E-state index in [-0.39, 0.29) is 12.2 Å². The molecule has 15 heavy (non-hydrogen) atoms. The number of aliphatic hydroxyl groups is 1. The molecule has 3 heteroatoms. The number of fused-ring (bicyclic) bond motifs is 1. The van der Waals surface area contributed by atoms with Crippen molar-refractivity contribution in [1.82, 2.24) is 4.57 Å². The van der Waals surface area contributed by atoms with E-state index in [4.69, 9.17) is 5.11 Å². The van der Waals surface area contributed by atoms with E-state index in [0.717, 1.165) is 32.1 Å². The maximum Gasteiger partial charge on any atom is 0.256 e. The monoisotopic (exact) mass is 205 g/mol. The van der Waals surface area contributed by atoms with Crippen LogP contribution in [-0.4, -0.2) is 9.67 Å². The minimum absolute atomic E-state index is 0.0423. The summed E-state index contributed by atoms with van der Waals surface area (Å²) in [7, 11) is 0. The molecule has 0 aromatic carbocycles. The van der Waals surface area contributed by atoms with Crippen molar-refractivity contribution < 1.29 is 5.11 Å². The van der Waals surface area contributed by atoms with Crippen molar-refractivity contribution in [2.75, 3.05) is 0 Å². The highest BCUT2D eigenvalue weighted by atomic mass is 16.3. The highest BCUT2D eigenvalue weighted by Gasteiger charge is 2.30. The summed E-state index contributed by atoms with van der Waals surface area (Å²) in [4.78, 5) is 12.0. The van der Waals surface area contributed by atoms with E-state index < -0.39 is 0 Å². The Kier molecular flexibility index (Phi) is 1.96. The molecule has 3 nitrogen and oxygen atoms in total. The highest BCUT2D eigenvalue weighted by molar-refractivity contribution is 5.31.